The van der Waals surface area contributed by atoms with E-state index in [4.69, 9.17) is 5.73 Å². The third-order valence-corrected chi connectivity index (χ3v) is 3.42. The number of H-pyrrole nitrogens is 1. The Morgan fingerprint density at radius 3 is 2.89 bits per heavy atom. The van der Waals surface area contributed by atoms with Crippen molar-refractivity contribution in [2.75, 3.05) is 5.32 Å². The van der Waals surface area contributed by atoms with E-state index in [0.29, 0.717) is 11.5 Å². The molecule has 0 unspecified atom stereocenters. The molecule has 1 aliphatic carbocycles. The number of carbonyl (C=O) groups is 1. The molecule has 19 heavy (non-hydrogen) atoms. The zero-order valence-electron chi connectivity index (χ0n) is 10.3. The normalized spacial score (nSPS) is 16.7. The van der Waals surface area contributed by atoms with Crippen molar-refractivity contribution < 1.29 is 4.79 Å². The van der Waals surface area contributed by atoms with Gasteiger partial charge in [0.05, 0.1) is 5.54 Å². The van der Waals surface area contributed by atoms with Crippen molar-refractivity contribution in [3.8, 4) is 11.4 Å². The van der Waals surface area contributed by atoms with Crippen molar-refractivity contribution >= 4 is 11.6 Å². The molecule has 98 valence electrons. The highest BCUT2D eigenvalue weighted by molar-refractivity contribution is 5.98. The lowest BCUT2D eigenvalue weighted by molar-refractivity contribution is -0.123. The molecule has 2 aromatic rings. The molecule has 0 aliphatic heterocycles. The molecule has 0 atom stereocenters. The van der Waals surface area contributed by atoms with Crippen LogP contribution >= 0.6 is 0 Å². The minimum atomic E-state index is -0.706. The Morgan fingerprint density at radius 2 is 2.26 bits per heavy atom. The number of aromatic amines is 1. The highest BCUT2D eigenvalue weighted by Crippen LogP contribution is 2.30. The van der Waals surface area contributed by atoms with Crippen molar-refractivity contribution in [1.29, 1.82) is 0 Å². The number of nitrogens with two attached hydrogens (primary N) is 1. The van der Waals surface area contributed by atoms with E-state index in [1.165, 1.54) is 0 Å². The molecule has 1 aliphatic rings. The molecule has 0 bridgehead atoms. The first-order chi connectivity index (χ1) is 9.17. The largest absolute Gasteiger partial charge is 0.324 e. The van der Waals surface area contributed by atoms with Gasteiger partial charge >= 0.3 is 0 Å². The number of rotatable bonds is 3. The summed E-state index contributed by atoms with van der Waals surface area (Å²) in [5.74, 6) is 0.353. The van der Waals surface area contributed by atoms with Gasteiger partial charge in [0.15, 0.2) is 0 Å². The maximum atomic E-state index is 12.0. The van der Waals surface area contributed by atoms with Crippen molar-refractivity contribution in [2.24, 2.45) is 5.73 Å². The van der Waals surface area contributed by atoms with Crippen LogP contribution in [0.3, 0.4) is 0 Å². The van der Waals surface area contributed by atoms with E-state index in [-0.39, 0.29) is 5.91 Å². The van der Waals surface area contributed by atoms with Crippen LogP contribution in [0.5, 0.6) is 0 Å². The SMILES string of the molecule is NC1(C(=O)Nc2cccc(-c3nn[nH]n3)c2)CCC1. The molecule has 1 saturated carbocycles. The lowest BCUT2D eigenvalue weighted by Gasteiger charge is -2.36. The number of aromatic nitrogens is 4. The maximum Gasteiger partial charge on any atom is 0.244 e. The monoisotopic (exact) mass is 258 g/mol. The summed E-state index contributed by atoms with van der Waals surface area (Å²) in [5, 5.41) is 16.5. The van der Waals surface area contributed by atoms with Crippen LogP contribution in [0.25, 0.3) is 11.4 Å². The average Bonchev–Trinajstić information content (AvgIpc) is 2.90. The summed E-state index contributed by atoms with van der Waals surface area (Å²) in [5.41, 5.74) is 6.74. The van der Waals surface area contributed by atoms with E-state index in [1.807, 2.05) is 18.2 Å². The van der Waals surface area contributed by atoms with Crippen molar-refractivity contribution in [1.82, 2.24) is 20.6 Å². The predicted octanol–water partition coefficient (Wildman–Crippen LogP) is 0.687. The molecule has 0 saturated heterocycles. The van der Waals surface area contributed by atoms with Gasteiger partial charge in [-0.1, -0.05) is 12.1 Å². The molecular formula is C12H14N6O. The van der Waals surface area contributed by atoms with Gasteiger partial charge in [0.1, 0.15) is 0 Å². The number of tetrazole rings is 1. The second-order valence-corrected chi connectivity index (χ2v) is 4.78. The minimum absolute atomic E-state index is 0.135. The Balaban J connectivity index is 1.78. The molecule has 7 nitrogen and oxygen atoms in total. The standard InChI is InChI=1S/C12H14N6O/c13-12(5-2-6-12)11(19)14-9-4-1-3-8(7-9)10-15-17-18-16-10/h1,3-4,7H,2,5-6,13H2,(H,14,19)(H,15,16,17,18). The van der Waals surface area contributed by atoms with Crippen molar-refractivity contribution in [3.05, 3.63) is 24.3 Å². The number of amides is 1. The molecule has 4 N–H and O–H groups in total. The summed E-state index contributed by atoms with van der Waals surface area (Å²) < 4.78 is 0. The van der Waals surface area contributed by atoms with Gasteiger partial charge in [-0.05, 0) is 36.6 Å². The topological polar surface area (TPSA) is 110 Å². The van der Waals surface area contributed by atoms with Crippen LogP contribution in [0.4, 0.5) is 5.69 Å². The van der Waals surface area contributed by atoms with E-state index in [1.54, 1.807) is 6.07 Å². The third kappa shape index (κ3) is 2.19. The van der Waals surface area contributed by atoms with E-state index < -0.39 is 5.54 Å². The van der Waals surface area contributed by atoms with Gasteiger partial charge < -0.3 is 11.1 Å². The number of hydrogen-bond acceptors (Lipinski definition) is 5. The zero-order chi connectivity index (χ0) is 13.3. The van der Waals surface area contributed by atoms with Gasteiger partial charge in [-0.25, -0.2) is 0 Å². The fraction of sp³-hybridized carbons (Fsp3) is 0.333. The van der Waals surface area contributed by atoms with E-state index >= 15 is 0 Å². The average molecular weight is 258 g/mol. The molecule has 1 fully saturated rings. The van der Waals surface area contributed by atoms with Crippen LogP contribution in [0, 0.1) is 0 Å². The molecule has 3 rings (SSSR count). The summed E-state index contributed by atoms with van der Waals surface area (Å²) in [7, 11) is 0. The summed E-state index contributed by atoms with van der Waals surface area (Å²) in [6, 6.07) is 7.28. The van der Waals surface area contributed by atoms with Crippen molar-refractivity contribution in [2.45, 2.75) is 24.8 Å². The van der Waals surface area contributed by atoms with Gasteiger partial charge in [0.2, 0.25) is 11.7 Å². The molecule has 1 heterocycles. The molecule has 1 aromatic carbocycles. The Bertz CT molecular complexity index is 590. The molecule has 0 spiro atoms. The first kappa shape index (κ1) is 11.8. The Labute approximate surface area is 109 Å². The lowest BCUT2D eigenvalue weighted by Crippen LogP contribution is -2.56. The number of carbonyl (C=O) groups excluding carboxylic acids is 1. The number of benzene rings is 1. The smallest absolute Gasteiger partial charge is 0.244 e. The van der Waals surface area contributed by atoms with Crippen LogP contribution in [-0.2, 0) is 4.79 Å². The number of nitrogens with zero attached hydrogens (tertiary/aromatic N) is 3. The van der Waals surface area contributed by atoms with Crippen LogP contribution in [0.1, 0.15) is 19.3 Å². The van der Waals surface area contributed by atoms with Crippen LogP contribution in [0.2, 0.25) is 0 Å². The van der Waals surface area contributed by atoms with Crippen LogP contribution in [0.15, 0.2) is 24.3 Å². The van der Waals surface area contributed by atoms with Gasteiger partial charge in [-0.15, -0.1) is 10.2 Å². The van der Waals surface area contributed by atoms with E-state index in [2.05, 4.69) is 25.9 Å². The summed E-state index contributed by atoms with van der Waals surface area (Å²) in [4.78, 5) is 12.0. The third-order valence-electron chi connectivity index (χ3n) is 3.42. The maximum absolute atomic E-state index is 12.0. The molecule has 1 amide bonds. The molecule has 0 radical (unpaired) electrons. The van der Waals surface area contributed by atoms with E-state index in [9.17, 15) is 4.79 Å². The highest BCUT2D eigenvalue weighted by Gasteiger charge is 2.40. The first-order valence-electron chi connectivity index (χ1n) is 6.12. The number of hydrogen-bond donors (Lipinski definition) is 3. The zero-order valence-corrected chi connectivity index (χ0v) is 10.3. The summed E-state index contributed by atoms with van der Waals surface area (Å²) in [6.07, 6.45) is 2.49. The van der Waals surface area contributed by atoms with Gasteiger partial charge in [0.25, 0.3) is 0 Å². The fourth-order valence-corrected chi connectivity index (χ4v) is 2.06. The number of anilines is 1. The minimum Gasteiger partial charge on any atom is -0.324 e. The molecule has 7 heteroatoms. The number of nitrogens with one attached hydrogen (secondary N) is 2. The summed E-state index contributed by atoms with van der Waals surface area (Å²) in [6.45, 7) is 0. The second-order valence-electron chi connectivity index (χ2n) is 4.78. The Morgan fingerprint density at radius 1 is 1.42 bits per heavy atom. The second kappa shape index (κ2) is 4.43. The van der Waals surface area contributed by atoms with E-state index in [0.717, 1.165) is 24.8 Å². The summed E-state index contributed by atoms with van der Waals surface area (Å²) >= 11 is 0. The predicted molar refractivity (Wildman–Crippen MR) is 69.0 cm³/mol. The lowest BCUT2D eigenvalue weighted by atomic mass is 9.77. The Hall–Kier alpha value is -2.28. The Kier molecular flexibility index (Phi) is 2.75. The first-order valence-corrected chi connectivity index (χ1v) is 6.12. The molecule has 1 aromatic heterocycles. The van der Waals surface area contributed by atoms with Gasteiger partial charge in [0, 0.05) is 11.3 Å². The van der Waals surface area contributed by atoms with Crippen LogP contribution in [-0.4, -0.2) is 32.1 Å². The molecular weight excluding hydrogens is 244 g/mol. The quantitative estimate of drug-likeness (QED) is 0.750. The van der Waals surface area contributed by atoms with Gasteiger partial charge in [-0.2, -0.15) is 5.21 Å². The van der Waals surface area contributed by atoms with Gasteiger partial charge in [-0.3, -0.25) is 4.79 Å². The van der Waals surface area contributed by atoms with Crippen molar-refractivity contribution in [3.63, 3.8) is 0 Å². The van der Waals surface area contributed by atoms with Crippen LogP contribution < -0.4 is 11.1 Å². The fourth-order valence-electron chi connectivity index (χ4n) is 2.06. The highest BCUT2D eigenvalue weighted by atomic mass is 16.2.